The molecule has 5 heteroatoms. The third-order valence-electron chi connectivity index (χ3n) is 5.71. The zero-order valence-electron chi connectivity index (χ0n) is 17.1. The molecule has 2 aromatic heterocycles. The van der Waals surface area contributed by atoms with Crippen molar-refractivity contribution in [3.05, 3.63) is 104 Å². The molecule has 4 aromatic rings. The molecule has 0 aliphatic carbocycles. The third kappa shape index (κ3) is 2.77. The van der Waals surface area contributed by atoms with E-state index >= 15 is 0 Å². The molecule has 0 unspecified atom stereocenters. The van der Waals surface area contributed by atoms with E-state index in [1.54, 1.807) is 17.2 Å². The predicted molar refractivity (Wildman–Crippen MR) is 114 cm³/mol. The number of hydrogen-bond acceptors (Lipinski definition) is 4. The van der Waals surface area contributed by atoms with Crippen LogP contribution in [-0.4, -0.2) is 10.8 Å². The Hall–Kier alpha value is -3.60. The van der Waals surface area contributed by atoms with E-state index < -0.39 is 6.04 Å². The fourth-order valence-corrected chi connectivity index (χ4v) is 4.34. The van der Waals surface area contributed by atoms with Gasteiger partial charge in [0.2, 0.25) is 5.76 Å². The van der Waals surface area contributed by atoms with Crippen molar-refractivity contribution in [2.45, 2.75) is 33.4 Å². The highest BCUT2D eigenvalue weighted by Crippen LogP contribution is 2.39. The third-order valence-corrected chi connectivity index (χ3v) is 5.71. The normalized spacial score (nSPS) is 15.8. The second-order valence-corrected chi connectivity index (χ2v) is 7.95. The maximum atomic E-state index is 13.6. The van der Waals surface area contributed by atoms with Crippen LogP contribution in [-0.2, 0) is 6.54 Å². The number of benzene rings is 2. The SMILES string of the molecule is Cc1ccc([C@H]2c3c(oc4cc(C)cc(C)c4c3=O)C(=O)N2Cc2ccco2)cc1. The van der Waals surface area contributed by atoms with Gasteiger partial charge in [-0.2, -0.15) is 0 Å². The van der Waals surface area contributed by atoms with Crippen LogP contribution < -0.4 is 5.43 Å². The minimum Gasteiger partial charge on any atom is -0.467 e. The van der Waals surface area contributed by atoms with Gasteiger partial charge in [-0.05, 0) is 55.7 Å². The molecule has 3 heterocycles. The van der Waals surface area contributed by atoms with Gasteiger partial charge in [0.05, 0.1) is 29.8 Å². The summed E-state index contributed by atoms with van der Waals surface area (Å²) >= 11 is 0. The molecule has 0 N–H and O–H groups in total. The zero-order chi connectivity index (χ0) is 21.0. The van der Waals surface area contributed by atoms with Gasteiger partial charge in [-0.15, -0.1) is 0 Å². The number of rotatable bonds is 3. The number of aryl methyl sites for hydroxylation is 3. The molecular formula is C25H21NO4. The smallest absolute Gasteiger partial charge is 0.291 e. The van der Waals surface area contributed by atoms with Gasteiger partial charge in [0.25, 0.3) is 5.91 Å². The van der Waals surface area contributed by atoms with Crippen molar-refractivity contribution in [2.24, 2.45) is 0 Å². The number of furan rings is 1. The van der Waals surface area contributed by atoms with Crippen molar-refractivity contribution >= 4 is 16.9 Å². The van der Waals surface area contributed by atoms with Gasteiger partial charge in [-0.3, -0.25) is 9.59 Å². The highest BCUT2D eigenvalue weighted by Gasteiger charge is 2.43. The Kier molecular flexibility index (Phi) is 4.13. The average Bonchev–Trinajstić information content (AvgIpc) is 3.30. The second kappa shape index (κ2) is 6.73. The van der Waals surface area contributed by atoms with Crippen molar-refractivity contribution < 1.29 is 13.6 Å². The number of carbonyl (C=O) groups is 1. The summed E-state index contributed by atoms with van der Waals surface area (Å²) in [7, 11) is 0. The first-order valence-electron chi connectivity index (χ1n) is 9.92. The number of hydrogen-bond donors (Lipinski definition) is 0. The summed E-state index contributed by atoms with van der Waals surface area (Å²) in [4.78, 5) is 28.7. The Balaban J connectivity index is 1.78. The number of amides is 1. The number of carbonyl (C=O) groups excluding carboxylic acids is 1. The molecule has 0 bridgehead atoms. The molecule has 150 valence electrons. The molecule has 1 aliphatic rings. The summed E-state index contributed by atoms with van der Waals surface area (Å²) in [6.07, 6.45) is 1.58. The first kappa shape index (κ1) is 18.4. The van der Waals surface area contributed by atoms with E-state index in [1.165, 1.54) is 0 Å². The molecule has 30 heavy (non-hydrogen) atoms. The maximum Gasteiger partial charge on any atom is 0.291 e. The molecule has 0 saturated carbocycles. The first-order chi connectivity index (χ1) is 14.4. The van der Waals surface area contributed by atoms with Crippen molar-refractivity contribution in [3.63, 3.8) is 0 Å². The van der Waals surface area contributed by atoms with Gasteiger partial charge in [0.1, 0.15) is 11.3 Å². The maximum absolute atomic E-state index is 13.6. The van der Waals surface area contributed by atoms with Gasteiger partial charge in [-0.1, -0.05) is 35.9 Å². The van der Waals surface area contributed by atoms with Crippen LogP contribution in [0.5, 0.6) is 0 Å². The molecule has 1 atom stereocenters. The lowest BCUT2D eigenvalue weighted by Gasteiger charge is -2.24. The topological polar surface area (TPSA) is 63.7 Å². The minimum absolute atomic E-state index is 0.120. The molecule has 0 spiro atoms. The summed E-state index contributed by atoms with van der Waals surface area (Å²) in [5, 5.41) is 0.532. The molecule has 0 radical (unpaired) electrons. The van der Waals surface area contributed by atoms with E-state index in [2.05, 4.69) is 0 Å². The molecule has 5 rings (SSSR count). The first-order valence-corrected chi connectivity index (χ1v) is 9.92. The van der Waals surface area contributed by atoms with Crippen LogP contribution in [0.1, 0.15) is 50.2 Å². The Labute approximate surface area is 173 Å². The largest absolute Gasteiger partial charge is 0.467 e. The summed E-state index contributed by atoms with van der Waals surface area (Å²) in [6.45, 7) is 6.10. The van der Waals surface area contributed by atoms with Gasteiger partial charge < -0.3 is 13.7 Å². The lowest BCUT2D eigenvalue weighted by atomic mass is 9.96. The van der Waals surface area contributed by atoms with Crippen LogP contribution in [0.15, 0.2) is 68.4 Å². The lowest BCUT2D eigenvalue weighted by molar-refractivity contribution is 0.0701. The molecular weight excluding hydrogens is 378 g/mol. The van der Waals surface area contributed by atoms with Crippen LogP contribution in [0.2, 0.25) is 0 Å². The molecule has 0 fully saturated rings. The van der Waals surface area contributed by atoms with Crippen molar-refractivity contribution in [1.82, 2.24) is 4.90 Å². The highest BCUT2D eigenvalue weighted by atomic mass is 16.4. The van der Waals surface area contributed by atoms with Crippen LogP contribution in [0.4, 0.5) is 0 Å². The van der Waals surface area contributed by atoms with Crippen LogP contribution in [0, 0.1) is 20.8 Å². The number of nitrogens with zero attached hydrogens (tertiary/aromatic N) is 1. The van der Waals surface area contributed by atoms with Crippen molar-refractivity contribution in [3.8, 4) is 0 Å². The molecule has 0 saturated heterocycles. The fraction of sp³-hybridized carbons (Fsp3) is 0.200. The van der Waals surface area contributed by atoms with Gasteiger partial charge in [0.15, 0.2) is 5.43 Å². The monoisotopic (exact) mass is 399 g/mol. The van der Waals surface area contributed by atoms with E-state index in [0.717, 1.165) is 22.3 Å². The summed E-state index contributed by atoms with van der Waals surface area (Å²) in [5.74, 6) is 0.470. The standard InChI is InChI=1S/C25H21NO4/c1-14-6-8-17(9-7-14)22-21-23(27)20-16(3)11-15(2)12-19(20)30-24(21)25(28)26(22)13-18-5-4-10-29-18/h4-12,22H,13H2,1-3H3/t22-/m0/s1. The van der Waals surface area contributed by atoms with Gasteiger partial charge in [-0.25, -0.2) is 0 Å². The van der Waals surface area contributed by atoms with Crippen molar-refractivity contribution in [2.75, 3.05) is 0 Å². The molecule has 5 nitrogen and oxygen atoms in total. The average molecular weight is 399 g/mol. The van der Waals surface area contributed by atoms with Crippen LogP contribution >= 0.6 is 0 Å². The van der Waals surface area contributed by atoms with E-state index in [-0.39, 0.29) is 23.6 Å². The van der Waals surface area contributed by atoms with Crippen molar-refractivity contribution in [1.29, 1.82) is 0 Å². The Morgan fingerprint density at radius 1 is 0.967 bits per heavy atom. The van der Waals surface area contributed by atoms with Crippen LogP contribution in [0.3, 0.4) is 0 Å². The molecule has 2 aromatic carbocycles. The van der Waals surface area contributed by atoms with E-state index in [1.807, 2.05) is 63.2 Å². The van der Waals surface area contributed by atoms with Gasteiger partial charge in [0, 0.05) is 0 Å². The molecule has 1 amide bonds. The zero-order valence-corrected chi connectivity index (χ0v) is 17.1. The second-order valence-electron chi connectivity index (χ2n) is 7.95. The van der Waals surface area contributed by atoms with Gasteiger partial charge >= 0.3 is 0 Å². The summed E-state index contributed by atoms with van der Waals surface area (Å²) in [5.41, 5.74) is 4.51. The summed E-state index contributed by atoms with van der Waals surface area (Å²) in [6, 6.07) is 14.7. The lowest BCUT2D eigenvalue weighted by Crippen LogP contribution is -2.29. The number of fused-ring (bicyclic) bond motifs is 2. The van der Waals surface area contributed by atoms with E-state index in [0.29, 0.717) is 22.3 Å². The van der Waals surface area contributed by atoms with Crippen LogP contribution in [0.25, 0.3) is 11.0 Å². The quantitative estimate of drug-likeness (QED) is 0.483. The highest BCUT2D eigenvalue weighted by molar-refractivity contribution is 5.99. The summed E-state index contributed by atoms with van der Waals surface area (Å²) < 4.78 is 11.5. The molecule has 1 aliphatic heterocycles. The minimum atomic E-state index is -0.528. The Bertz CT molecular complexity index is 1330. The predicted octanol–water partition coefficient (Wildman–Crippen LogP) is 5.06. The van der Waals surface area contributed by atoms with E-state index in [9.17, 15) is 9.59 Å². The van der Waals surface area contributed by atoms with E-state index in [4.69, 9.17) is 8.83 Å². The Morgan fingerprint density at radius 3 is 2.43 bits per heavy atom. The fourth-order valence-electron chi connectivity index (χ4n) is 4.34. The Morgan fingerprint density at radius 2 is 1.73 bits per heavy atom.